The second-order valence-corrected chi connectivity index (χ2v) is 9.98. The highest BCUT2D eigenvalue weighted by atomic mass is 32.2. The van der Waals surface area contributed by atoms with Crippen molar-refractivity contribution in [1.82, 2.24) is 5.32 Å². The molecule has 5 heteroatoms. The maximum atomic E-state index is 12.6. The minimum Gasteiger partial charge on any atom is -0.481 e. The van der Waals surface area contributed by atoms with Crippen LogP contribution in [0.15, 0.2) is 91.0 Å². The molecule has 0 unspecified atom stereocenters. The summed E-state index contributed by atoms with van der Waals surface area (Å²) < 4.78 is -0.421. The number of carbonyl (C=O) groups is 2. The minimum atomic E-state index is -0.729. The number of carboxylic acids is 1. The van der Waals surface area contributed by atoms with E-state index < -0.39 is 10.7 Å². The molecule has 3 aromatic rings. The molecule has 0 heterocycles. The molecule has 0 saturated heterocycles. The van der Waals surface area contributed by atoms with Crippen LogP contribution < -0.4 is 5.32 Å². The fourth-order valence-electron chi connectivity index (χ4n) is 4.40. The maximum absolute atomic E-state index is 12.6. The third kappa shape index (κ3) is 7.22. The molecule has 0 bridgehead atoms. The van der Waals surface area contributed by atoms with Gasteiger partial charge in [0.15, 0.2) is 0 Å². The normalized spacial score (nSPS) is 12.1. The molecule has 0 radical (unpaired) electrons. The molecule has 0 aliphatic heterocycles. The van der Waals surface area contributed by atoms with Crippen LogP contribution in [0, 0.1) is 5.92 Å². The van der Waals surface area contributed by atoms with Crippen LogP contribution in [0.2, 0.25) is 0 Å². The van der Waals surface area contributed by atoms with Crippen molar-refractivity contribution in [3.63, 3.8) is 0 Å². The van der Waals surface area contributed by atoms with Gasteiger partial charge < -0.3 is 10.4 Å². The van der Waals surface area contributed by atoms with Gasteiger partial charge in [-0.05, 0) is 36.0 Å². The third-order valence-electron chi connectivity index (χ3n) is 6.33. The van der Waals surface area contributed by atoms with Crippen LogP contribution in [0.5, 0.6) is 0 Å². The molecule has 1 amide bonds. The predicted molar refractivity (Wildman–Crippen MR) is 145 cm³/mol. The molecular weight excluding hydrogens is 454 g/mol. The zero-order chi connectivity index (χ0) is 24.9. The van der Waals surface area contributed by atoms with Crippen molar-refractivity contribution < 1.29 is 14.7 Å². The Hall–Kier alpha value is -3.05. The fraction of sp³-hybridized carbons (Fsp3) is 0.333. The van der Waals surface area contributed by atoms with Gasteiger partial charge in [0.1, 0.15) is 0 Å². The number of benzene rings is 3. The number of carboxylic acid groups (broad SMARTS) is 1. The van der Waals surface area contributed by atoms with Crippen LogP contribution in [-0.4, -0.2) is 29.3 Å². The molecule has 3 rings (SSSR count). The van der Waals surface area contributed by atoms with E-state index in [1.807, 2.05) is 25.1 Å². The summed E-state index contributed by atoms with van der Waals surface area (Å²) in [5.41, 5.74) is 3.56. The van der Waals surface area contributed by atoms with Crippen molar-refractivity contribution in [2.45, 2.75) is 43.8 Å². The van der Waals surface area contributed by atoms with Crippen molar-refractivity contribution in [2.75, 3.05) is 12.3 Å². The van der Waals surface area contributed by atoms with Gasteiger partial charge >= 0.3 is 5.97 Å². The molecule has 0 aliphatic rings. The molecule has 0 aliphatic carbocycles. The SMILES string of the molecule is CC[C@@H](CCCCNC(=O)CCSC(c1ccccc1)(c1ccccc1)c1ccccc1)C(=O)O. The first-order valence-corrected chi connectivity index (χ1v) is 13.4. The van der Waals surface area contributed by atoms with Gasteiger partial charge in [-0.1, -0.05) is 104 Å². The van der Waals surface area contributed by atoms with E-state index in [9.17, 15) is 9.59 Å². The highest BCUT2D eigenvalue weighted by Gasteiger charge is 2.36. The summed E-state index contributed by atoms with van der Waals surface area (Å²) in [4.78, 5) is 23.7. The van der Waals surface area contributed by atoms with Gasteiger partial charge in [-0.2, -0.15) is 0 Å². The second-order valence-electron chi connectivity index (χ2n) is 8.67. The van der Waals surface area contributed by atoms with Crippen LogP contribution in [0.25, 0.3) is 0 Å². The zero-order valence-corrected chi connectivity index (χ0v) is 21.2. The number of hydrogen-bond acceptors (Lipinski definition) is 3. The second kappa shape index (κ2) is 13.7. The first-order valence-electron chi connectivity index (χ1n) is 12.4. The smallest absolute Gasteiger partial charge is 0.306 e. The van der Waals surface area contributed by atoms with E-state index in [0.717, 1.165) is 12.8 Å². The average Bonchev–Trinajstić information content (AvgIpc) is 2.90. The van der Waals surface area contributed by atoms with Crippen LogP contribution in [0.1, 0.15) is 55.7 Å². The van der Waals surface area contributed by atoms with Crippen molar-refractivity contribution >= 4 is 23.6 Å². The fourth-order valence-corrected chi connectivity index (χ4v) is 5.90. The number of unbranched alkanes of at least 4 members (excludes halogenated alkanes) is 1. The van der Waals surface area contributed by atoms with Crippen LogP contribution in [0.3, 0.4) is 0 Å². The van der Waals surface area contributed by atoms with E-state index in [4.69, 9.17) is 5.11 Å². The Morgan fingerprint density at radius 1 is 0.829 bits per heavy atom. The summed E-state index contributed by atoms with van der Waals surface area (Å²) in [6, 6.07) is 31.4. The van der Waals surface area contributed by atoms with Gasteiger partial charge in [0.25, 0.3) is 0 Å². The Morgan fingerprint density at radius 2 is 1.31 bits per heavy atom. The lowest BCUT2D eigenvalue weighted by molar-refractivity contribution is -0.142. The first-order chi connectivity index (χ1) is 17.1. The maximum Gasteiger partial charge on any atom is 0.306 e. The molecule has 0 spiro atoms. The Bertz CT molecular complexity index is 944. The molecule has 4 nitrogen and oxygen atoms in total. The van der Waals surface area contributed by atoms with Crippen molar-refractivity contribution in [3.8, 4) is 0 Å². The lowest BCUT2D eigenvalue weighted by Gasteiger charge is -2.35. The number of thioether (sulfide) groups is 1. The van der Waals surface area contributed by atoms with Crippen LogP contribution in [-0.2, 0) is 14.3 Å². The molecular formula is C30H35NO3S. The van der Waals surface area contributed by atoms with E-state index in [0.29, 0.717) is 31.6 Å². The Morgan fingerprint density at radius 3 is 1.74 bits per heavy atom. The van der Waals surface area contributed by atoms with E-state index >= 15 is 0 Å². The molecule has 0 aromatic heterocycles. The van der Waals surface area contributed by atoms with Gasteiger partial charge in [0.05, 0.1) is 10.7 Å². The summed E-state index contributed by atoms with van der Waals surface area (Å²) in [6.45, 7) is 2.49. The molecule has 35 heavy (non-hydrogen) atoms. The molecule has 0 fully saturated rings. The van der Waals surface area contributed by atoms with Crippen LogP contribution in [0.4, 0.5) is 0 Å². The lowest BCUT2D eigenvalue weighted by atomic mass is 9.84. The number of carbonyl (C=O) groups excluding carboxylic acids is 1. The summed E-state index contributed by atoms with van der Waals surface area (Å²) in [5.74, 6) is -0.316. The van der Waals surface area contributed by atoms with Crippen LogP contribution >= 0.6 is 11.8 Å². The van der Waals surface area contributed by atoms with E-state index in [2.05, 4.69) is 78.1 Å². The third-order valence-corrected chi connectivity index (χ3v) is 7.88. The molecule has 184 valence electrons. The Kier molecular flexibility index (Phi) is 10.4. The van der Waals surface area contributed by atoms with Gasteiger partial charge in [0, 0.05) is 18.7 Å². The summed E-state index contributed by atoms with van der Waals surface area (Å²) in [6.07, 6.45) is 3.32. The quantitative estimate of drug-likeness (QED) is 0.200. The van der Waals surface area contributed by atoms with Gasteiger partial charge in [-0.15, -0.1) is 11.8 Å². The summed E-state index contributed by atoms with van der Waals surface area (Å²) in [5, 5.41) is 12.2. The standard InChI is InChI=1S/C30H35NO3S/c1-2-24(29(33)34)14-12-13-22-31-28(32)21-23-35-30(25-15-6-3-7-16-25,26-17-8-4-9-18-26)27-19-10-5-11-20-27/h3-11,15-20,24H,2,12-14,21-23H2,1H3,(H,31,32)(H,33,34)/t24-/m0/s1. The number of rotatable bonds is 14. The molecule has 3 aromatic carbocycles. The minimum absolute atomic E-state index is 0.0332. The Balaban J connectivity index is 1.66. The van der Waals surface area contributed by atoms with E-state index in [1.165, 1.54) is 16.7 Å². The number of aliphatic carboxylic acids is 1. The molecule has 0 saturated carbocycles. The highest BCUT2D eigenvalue weighted by Crippen LogP contribution is 2.48. The zero-order valence-electron chi connectivity index (χ0n) is 20.4. The van der Waals surface area contributed by atoms with Crippen molar-refractivity contribution in [1.29, 1.82) is 0 Å². The van der Waals surface area contributed by atoms with Gasteiger partial charge in [-0.3, -0.25) is 9.59 Å². The molecule has 2 N–H and O–H groups in total. The largest absolute Gasteiger partial charge is 0.481 e. The number of amides is 1. The van der Waals surface area contributed by atoms with E-state index in [1.54, 1.807) is 11.8 Å². The highest BCUT2D eigenvalue weighted by molar-refractivity contribution is 8.00. The summed E-state index contributed by atoms with van der Waals surface area (Å²) in [7, 11) is 0. The van der Waals surface area contributed by atoms with E-state index in [-0.39, 0.29) is 11.8 Å². The predicted octanol–water partition coefficient (Wildman–Crippen LogP) is 6.50. The number of hydrogen-bond donors (Lipinski definition) is 2. The molecule has 1 atom stereocenters. The average molecular weight is 490 g/mol. The number of nitrogens with one attached hydrogen (secondary N) is 1. The monoisotopic (exact) mass is 489 g/mol. The van der Waals surface area contributed by atoms with Crippen molar-refractivity contribution in [2.24, 2.45) is 5.92 Å². The van der Waals surface area contributed by atoms with Gasteiger partial charge in [0.2, 0.25) is 5.91 Å². The summed E-state index contributed by atoms with van der Waals surface area (Å²) >= 11 is 1.78. The Labute approximate surface area is 213 Å². The lowest BCUT2D eigenvalue weighted by Crippen LogP contribution is -2.28. The van der Waals surface area contributed by atoms with Crippen molar-refractivity contribution in [3.05, 3.63) is 108 Å². The van der Waals surface area contributed by atoms with Gasteiger partial charge in [-0.25, -0.2) is 0 Å². The topological polar surface area (TPSA) is 66.4 Å². The first kappa shape index (κ1) is 26.6.